The van der Waals surface area contributed by atoms with Crippen LogP contribution in [0.25, 0.3) is 0 Å². The molecule has 0 aliphatic heterocycles. The first-order chi connectivity index (χ1) is 8.13. The lowest BCUT2D eigenvalue weighted by Crippen LogP contribution is -2.33. The summed E-state index contributed by atoms with van der Waals surface area (Å²) in [5.74, 6) is 0.558. The van der Waals surface area contributed by atoms with Gasteiger partial charge in [0.1, 0.15) is 0 Å². The van der Waals surface area contributed by atoms with Gasteiger partial charge in [-0.25, -0.2) is 0 Å². The highest BCUT2D eigenvalue weighted by Crippen LogP contribution is 2.10. The molecule has 0 aromatic carbocycles. The van der Waals surface area contributed by atoms with Crippen LogP contribution in [-0.2, 0) is 6.42 Å². The molecule has 3 heteroatoms. The molecule has 0 aliphatic rings. The van der Waals surface area contributed by atoms with Crippen LogP contribution >= 0.6 is 0 Å². The predicted molar refractivity (Wildman–Crippen MR) is 69.4 cm³/mol. The summed E-state index contributed by atoms with van der Waals surface area (Å²) in [7, 11) is 2.03. The van der Waals surface area contributed by atoms with E-state index in [2.05, 4.69) is 29.8 Å². The minimum atomic E-state index is 0.0248. The number of likely N-dealkylation sites (N-methyl/N-ethyl adjacent to an activating group) is 1. The quantitative estimate of drug-likeness (QED) is 0.755. The Morgan fingerprint density at radius 2 is 2.00 bits per heavy atom. The molecule has 1 unspecified atom stereocenters. The molecule has 1 rings (SSSR count). The van der Waals surface area contributed by atoms with Gasteiger partial charge in [-0.05, 0) is 43.5 Å². The highest BCUT2D eigenvalue weighted by atomic mass is 15.1. The smallest absolute Gasteiger partial charge is 0.0977 e. The minimum absolute atomic E-state index is 0.0248. The maximum Gasteiger partial charge on any atom is 0.0977 e. The fourth-order valence-corrected chi connectivity index (χ4v) is 1.79. The minimum Gasteiger partial charge on any atom is -0.291 e. The number of rotatable bonds is 6. The summed E-state index contributed by atoms with van der Waals surface area (Å²) < 4.78 is 0. The van der Waals surface area contributed by atoms with Crippen LogP contribution in [0.3, 0.4) is 0 Å². The summed E-state index contributed by atoms with van der Waals surface area (Å²) in [5.41, 5.74) is 1.27. The molecule has 0 aliphatic carbocycles. The first-order valence-corrected chi connectivity index (χ1v) is 6.12. The van der Waals surface area contributed by atoms with E-state index in [1.807, 2.05) is 31.6 Å². The SMILES string of the molecule is CC(C)CC(C#N)N(C)CCc1ccncc1. The molecule has 0 bridgehead atoms. The van der Waals surface area contributed by atoms with Gasteiger partial charge >= 0.3 is 0 Å². The molecule has 1 aromatic heterocycles. The van der Waals surface area contributed by atoms with Crippen molar-refractivity contribution in [3.63, 3.8) is 0 Å². The second-order valence-corrected chi connectivity index (χ2v) is 4.86. The van der Waals surface area contributed by atoms with Gasteiger partial charge in [-0.1, -0.05) is 13.8 Å². The second kappa shape index (κ2) is 7.03. The molecule has 17 heavy (non-hydrogen) atoms. The van der Waals surface area contributed by atoms with Crippen molar-refractivity contribution in [1.29, 1.82) is 5.26 Å². The van der Waals surface area contributed by atoms with E-state index < -0.39 is 0 Å². The fourth-order valence-electron chi connectivity index (χ4n) is 1.79. The van der Waals surface area contributed by atoms with E-state index in [1.54, 1.807) is 0 Å². The van der Waals surface area contributed by atoms with E-state index in [9.17, 15) is 0 Å². The maximum absolute atomic E-state index is 9.14. The topological polar surface area (TPSA) is 39.9 Å². The van der Waals surface area contributed by atoms with Gasteiger partial charge in [0.2, 0.25) is 0 Å². The van der Waals surface area contributed by atoms with Gasteiger partial charge in [0, 0.05) is 18.9 Å². The maximum atomic E-state index is 9.14. The van der Waals surface area contributed by atoms with Crippen molar-refractivity contribution < 1.29 is 0 Å². The van der Waals surface area contributed by atoms with Crippen LogP contribution in [0.1, 0.15) is 25.8 Å². The van der Waals surface area contributed by atoms with Crippen LogP contribution in [0.2, 0.25) is 0 Å². The van der Waals surface area contributed by atoms with E-state index in [-0.39, 0.29) is 6.04 Å². The van der Waals surface area contributed by atoms with Crippen LogP contribution in [-0.4, -0.2) is 29.5 Å². The number of nitriles is 1. The molecule has 3 nitrogen and oxygen atoms in total. The molecular weight excluding hydrogens is 210 g/mol. The number of hydrogen-bond donors (Lipinski definition) is 0. The molecule has 1 heterocycles. The Hall–Kier alpha value is -1.40. The van der Waals surface area contributed by atoms with E-state index in [1.165, 1.54) is 5.56 Å². The molecule has 0 radical (unpaired) electrons. The first-order valence-electron chi connectivity index (χ1n) is 6.12. The first kappa shape index (κ1) is 13.7. The molecule has 0 amide bonds. The van der Waals surface area contributed by atoms with Crippen molar-refractivity contribution in [3.05, 3.63) is 30.1 Å². The number of aromatic nitrogens is 1. The Morgan fingerprint density at radius 3 is 2.53 bits per heavy atom. The summed E-state index contributed by atoms with van der Waals surface area (Å²) in [4.78, 5) is 6.14. The van der Waals surface area contributed by atoms with Crippen molar-refractivity contribution in [2.24, 2.45) is 5.92 Å². The largest absolute Gasteiger partial charge is 0.291 e. The van der Waals surface area contributed by atoms with Crippen LogP contribution in [0.15, 0.2) is 24.5 Å². The third-order valence-electron chi connectivity index (χ3n) is 2.88. The van der Waals surface area contributed by atoms with Crippen molar-refractivity contribution >= 4 is 0 Å². The molecular formula is C14H21N3. The molecule has 0 spiro atoms. The zero-order chi connectivity index (χ0) is 12.7. The second-order valence-electron chi connectivity index (χ2n) is 4.86. The van der Waals surface area contributed by atoms with E-state index >= 15 is 0 Å². The summed E-state index contributed by atoms with van der Waals surface area (Å²) in [5, 5.41) is 9.14. The van der Waals surface area contributed by atoms with Crippen LogP contribution < -0.4 is 0 Å². The van der Waals surface area contributed by atoms with Gasteiger partial charge in [0.15, 0.2) is 0 Å². The van der Waals surface area contributed by atoms with Crippen LogP contribution in [0.4, 0.5) is 0 Å². The van der Waals surface area contributed by atoms with Crippen LogP contribution in [0.5, 0.6) is 0 Å². The van der Waals surface area contributed by atoms with Gasteiger partial charge < -0.3 is 0 Å². The number of hydrogen-bond acceptors (Lipinski definition) is 3. The number of pyridine rings is 1. The van der Waals surface area contributed by atoms with Crippen LogP contribution in [0, 0.1) is 17.2 Å². The van der Waals surface area contributed by atoms with Crippen molar-refractivity contribution in [1.82, 2.24) is 9.88 Å². The van der Waals surface area contributed by atoms with E-state index in [0.29, 0.717) is 5.92 Å². The van der Waals surface area contributed by atoms with Crippen molar-refractivity contribution in [2.45, 2.75) is 32.7 Å². The Morgan fingerprint density at radius 1 is 1.35 bits per heavy atom. The zero-order valence-electron chi connectivity index (χ0n) is 10.9. The van der Waals surface area contributed by atoms with Gasteiger partial charge in [-0.15, -0.1) is 0 Å². The molecule has 0 fully saturated rings. The lowest BCUT2D eigenvalue weighted by molar-refractivity contribution is 0.260. The van der Waals surface area contributed by atoms with Gasteiger partial charge in [0.05, 0.1) is 12.1 Å². The highest BCUT2D eigenvalue weighted by molar-refractivity contribution is 5.10. The van der Waals surface area contributed by atoms with Gasteiger partial charge in [-0.3, -0.25) is 9.88 Å². The number of nitrogens with zero attached hydrogens (tertiary/aromatic N) is 3. The van der Waals surface area contributed by atoms with E-state index in [4.69, 9.17) is 5.26 Å². The normalized spacial score (nSPS) is 12.7. The highest BCUT2D eigenvalue weighted by Gasteiger charge is 2.14. The third kappa shape index (κ3) is 4.97. The fraction of sp³-hybridized carbons (Fsp3) is 0.571. The monoisotopic (exact) mass is 231 g/mol. The Kier molecular flexibility index (Phi) is 5.65. The molecule has 1 aromatic rings. The molecule has 0 saturated carbocycles. The molecule has 92 valence electrons. The summed E-state index contributed by atoms with van der Waals surface area (Å²) in [6.07, 6.45) is 5.52. The predicted octanol–water partition coefficient (Wildman–Crippen LogP) is 2.49. The van der Waals surface area contributed by atoms with Crippen molar-refractivity contribution in [2.75, 3.05) is 13.6 Å². The van der Waals surface area contributed by atoms with Gasteiger partial charge in [0.25, 0.3) is 0 Å². The van der Waals surface area contributed by atoms with E-state index in [0.717, 1.165) is 19.4 Å². The molecule has 0 N–H and O–H groups in total. The Labute approximate surface area is 104 Å². The Bertz CT molecular complexity index is 353. The molecule has 0 saturated heterocycles. The summed E-state index contributed by atoms with van der Waals surface area (Å²) >= 11 is 0. The molecule has 1 atom stereocenters. The zero-order valence-corrected chi connectivity index (χ0v) is 10.9. The lowest BCUT2D eigenvalue weighted by Gasteiger charge is -2.23. The third-order valence-corrected chi connectivity index (χ3v) is 2.88. The van der Waals surface area contributed by atoms with Crippen molar-refractivity contribution in [3.8, 4) is 6.07 Å². The van der Waals surface area contributed by atoms with Gasteiger partial charge in [-0.2, -0.15) is 5.26 Å². The average Bonchev–Trinajstić information content (AvgIpc) is 2.34. The Balaban J connectivity index is 2.43. The lowest BCUT2D eigenvalue weighted by atomic mass is 10.0. The summed E-state index contributed by atoms with van der Waals surface area (Å²) in [6.45, 7) is 5.22. The standard InChI is InChI=1S/C14H21N3/c1-12(2)10-14(11-15)17(3)9-6-13-4-7-16-8-5-13/h4-5,7-8,12,14H,6,9-10H2,1-3H3. The summed E-state index contributed by atoms with van der Waals surface area (Å²) in [6, 6.07) is 6.46. The average molecular weight is 231 g/mol.